The van der Waals surface area contributed by atoms with Gasteiger partial charge in [-0.3, -0.25) is 4.79 Å². The van der Waals surface area contributed by atoms with Gasteiger partial charge >= 0.3 is 0 Å². The number of nitrogens with one attached hydrogen (secondary N) is 1. The number of ether oxygens (including phenoxy) is 1. The Hall–Kier alpha value is -2.20. The number of nitrogens with two attached hydrogens (primary N) is 1. The van der Waals surface area contributed by atoms with Crippen LogP contribution in [0.3, 0.4) is 0 Å². The van der Waals surface area contributed by atoms with E-state index in [0.29, 0.717) is 17.1 Å². The maximum absolute atomic E-state index is 11.1. The van der Waals surface area contributed by atoms with Gasteiger partial charge in [0, 0.05) is 12.2 Å². The maximum Gasteiger partial charge on any atom is 0.250 e. The lowest BCUT2D eigenvalue weighted by atomic mass is 10.1. The summed E-state index contributed by atoms with van der Waals surface area (Å²) < 4.78 is 5.17. The van der Waals surface area contributed by atoms with Gasteiger partial charge in [-0.05, 0) is 35.9 Å². The van der Waals surface area contributed by atoms with Gasteiger partial charge in [-0.15, -0.1) is 0 Å². The molecule has 0 aliphatic carbocycles. The Balaban J connectivity index is 2.07. The Labute approximate surface area is 122 Å². The van der Waals surface area contributed by atoms with Crippen LogP contribution in [-0.4, -0.2) is 13.0 Å². The normalized spacial score (nSPS) is 10.1. The van der Waals surface area contributed by atoms with Crippen LogP contribution in [-0.2, 0) is 6.54 Å². The largest absolute Gasteiger partial charge is 0.497 e. The first-order valence-corrected chi connectivity index (χ1v) is 6.44. The summed E-state index contributed by atoms with van der Waals surface area (Å²) in [4.78, 5) is 11.1. The van der Waals surface area contributed by atoms with Crippen LogP contribution in [0.5, 0.6) is 5.75 Å². The van der Waals surface area contributed by atoms with Crippen molar-refractivity contribution in [1.82, 2.24) is 0 Å². The highest BCUT2D eigenvalue weighted by Crippen LogP contribution is 2.21. The Bertz CT molecular complexity index is 629. The predicted octanol–water partition coefficient (Wildman–Crippen LogP) is 3.06. The third-order valence-electron chi connectivity index (χ3n) is 2.87. The van der Waals surface area contributed by atoms with Gasteiger partial charge in [0.1, 0.15) is 5.75 Å². The van der Waals surface area contributed by atoms with Gasteiger partial charge in [-0.1, -0.05) is 23.7 Å². The van der Waals surface area contributed by atoms with Crippen LogP contribution in [0.4, 0.5) is 5.69 Å². The number of anilines is 1. The molecule has 5 heteroatoms. The van der Waals surface area contributed by atoms with Crippen molar-refractivity contribution < 1.29 is 9.53 Å². The average Bonchev–Trinajstić information content (AvgIpc) is 2.45. The molecule has 0 fully saturated rings. The number of primary amides is 1. The van der Waals surface area contributed by atoms with Crippen LogP contribution in [0.15, 0.2) is 42.5 Å². The van der Waals surface area contributed by atoms with Crippen molar-refractivity contribution in [1.29, 1.82) is 0 Å². The molecule has 1 amide bonds. The fourth-order valence-corrected chi connectivity index (χ4v) is 2.09. The molecule has 0 spiro atoms. The number of carbonyl (C=O) groups excluding carboxylic acids is 1. The summed E-state index contributed by atoms with van der Waals surface area (Å²) in [6.45, 7) is 0.628. The van der Waals surface area contributed by atoms with Crippen molar-refractivity contribution in [2.24, 2.45) is 5.73 Å². The molecule has 0 aliphatic rings. The third kappa shape index (κ3) is 3.42. The summed E-state index contributed by atoms with van der Waals surface area (Å²) in [6, 6.07) is 12.8. The fourth-order valence-electron chi connectivity index (χ4n) is 1.81. The first-order chi connectivity index (χ1) is 9.60. The smallest absolute Gasteiger partial charge is 0.250 e. The molecule has 2 aromatic rings. The summed E-state index contributed by atoms with van der Waals surface area (Å²) in [5.41, 5.74) is 7.43. The molecular formula is C15H15ClN2O2. The van der Waals surface area contributed by atoms with Crippen LogP contribution in [0.1, 0.15) is 15.9 Å². The zero-order valence-corrected chi connectivity index (χ0v) is 11.8. The number of benzene rings is 2. The highest BCUT2D eigenvalue weighted by Gasteiger charge is 2.06. The summed E-state index contributed by atoms with van der Waals surface area (Å²) in [5, 5.41) is 3.57. The van der Waals surface area contributed by atoms with Gasteiger partial charge in [-0.25, -0.2) is 0 Å². The van der Waals surface area contributed by atoms with Gasteiger partial charge in [0.15, 0.2) is 0 Å². The summed E-state index contributed by atoms with van der Waals surface area (Å²) >= 11 is 5.99. The van der Waals surface area contributed by atoms with Gasteiger partial charge in [0.25, 0.3) is 0 Å². The summed E-state index contributed by atoms with van der Waals surface area (Å²) in [6.07, 6.45) is 0. The minimum atomic E-state index is -0.533. The lowest BCUT2D eigenvalue weighted by molar-refractivity contribution is 0.100. The second kappa shape index (κ2) is 6.30. The highest BCUT2D eigenvalue weighted by molar-refractivity contribution is 6.34. The van der Waals surface area contributed by atoms with E-state index in [1.165, 1.54) is 0 Å². The topological polar surface area (TPSA) is 64.3 Å². The number of carbonyl (C=O) groups is 1. The SMILES string of the molecule is COc1cccc(CNc2ccc(C(N)=O)c(Cl)c2)c1. The number of hydrogen-bond donors (Lipinski definition) is 2. The standard InChI is InChI=1S/C15H15ClN2O2/c1-20-12-4-2-3-10(7-12)9-18-11-5-6-13(15(17)19)14(16)8-11/h2-8,18H,9H2,1H3,(H2,17,19). The predicted molar refractivity (Wildman–Crippen MR) is 80.3 cm³/mol. The van der Waals surface area contributed by atoms with Crippen molar-refractivity contribution in [3.63, 3.8) is 0 Å². The number of methoxy groups -OCH3 is 1. The van der Waals surface area contributed by atoms with E-state index in [1.54, 1.807) is 25.3 Å². The molecular weight excluding hydrogens is 276 g/mol. The van der Waals surface area contributed by atoms with Crippen molar-refractivity contribution >= 4 is 23.2 Å². The second-order valence-electron chi connectivity index (χ2n) is 4.26. The minimum absolute atomic E-state index is 0.318. The lowest BCUT2D eigenvalue weighted by Crippen LogP contribution is -2.11. The molecule has 3 N–H and O–H groups in total. The maximum atomic E-state index is 11.1. The van der Waals surface area contributed by atoms with E-state index in [2.05, 4.69) is 5.32 Å². The van der Waals surface area contributed by atoms with Crippen molar-refractivity contribution in [2.45, 2.75) is 6.54 Å². The lowest BCUT2D eigenvalue weighted by Gasteiger charge is -2.09. The molecule has 104 valence electrons. The van der Waals surface area contributed by atoms with Crippen LogP contribution in [0, 0.1) is 0 Å². The molecule has 20 heavy (non-hydrogen) atoms. The third-order valence-corrected chi connectivity index (χ3v) is 3.18. The number of halogens is 1. The molecule has 0 atom stereocenters. The number of amides is 1. The quantitative estimate of drug-likeness (QED) is 0.889. The van der Waals surface area contributed by atoms with Gasteiger partial charge in [0.05, 0.1) is 17.7 Å². The van der Waals surface area contributed by atoms with Crippen LogP contribution < -0.4 is 15.8 Å². The molecule has 0 saturated carbocycles. The fraction of sp³-hybridized carbons (Fsp3) is 0.133. The Kier molecular flexibility index (Phi) is 4.48. The molecule has 0 unspecified atom stereocenters. The van der Waals surface area contributed by atoms with Crippen LogP contribution >= 0.6 is 11.6 Å². The van der Waals surface area contributed by atoms with Gasteiger partial charge in [0.2, 0.25) is 5.91 Å². The van der Waals surface area contributed by atoms with Crippen LogP contribution in [0.2, 0.25) is 5.02 Å². The number of hydrogen-bond acceptors (Lipinski definition) is 3. The Morgan fingerprint density at radius 2 is 2.10 bits per heavy atom. The Morgan fingerprint density at radius 3 is 2.75 bits per heavy atom. The molecule has 0 bridgehead atoms. The molecule has 0 saturated heterocycles. The van der Waals surface area contributed by atoms with E-state index in [0.717, 1.165) is 17.0 Å². The second-order valence-corrected chi connectivity index (χ2v) is 4.67. The molecule has 0 radical (unpaired) electrons. The van der Waals surface area contributed by atoms with Crippen molar-refractivity contribution in [3.8, 4) is 5.75 Å². The zero-order chi connectivity index (χ0) is 14.5. The van der Waals surface area contributed by atoms with E-state index in [1.807, 2.05) is 24.3 Å². The summed E-state index contributed by atoms with van der Waals surface area (Å²) in [7, 11) is 1.63. The molecule has 0 heterocycles. The molecule has 4 nitrogen and oxygen atoms in total. The number of rotatable bonds is 5. The van der Waals surface area contributed by atoms with E-state index < -0.39 is 5.91 Å². The van der Waals surface area contributed by atoms with Gasteiger partial charge < -0.3 is 15.8 Å². The molecule has 0 aliphatic heterocycles. The van der Waals surface area contributed by atoms with Gasteiger partial charge in [-0.2, -0.15) is 0 Å². The van der Waals surface area contributed by atoms with E-state index in [-0.39, 0.29) is 0 Å². The van der Waals surface area contributed by atoms with Crippen LogP contribution in [0.25, 0.3) is 0 Å². The molecule has 0 aromatic heterocycles. The first-order valence-electron chi connectivity index (χ1n) is 6.06. The van der Waals surface area contributed by atoms with Crippen molar-refractivity contribution in [2.75, 3.05) is 12.4 Å². The average molecular weight is 291 g/mol. The monoisotopic (exact) mass is 290 g/mol. The van der Waals surface area contributed by atoms with Crippen molar-refractivity contribution in [3.05, 3.63) is 58.6 Å². The first kappa shape index (κ1) is 14.2. The minimum Gasteiger partial charge on any atom is -0.497 e. The highest BCUT2D eigenvalue weighted by atomic mass is 35.5. The van der Waals surface area contributed by atoms with E-state index >= 15 is 0 Å². The molecule has 2 rings (SSSR count). The Morgan fingerprint density at radius 1 is 1.30 bits per heavy atom. The molecule has 2 aromatic carbocycles. The summed E-state index contributed by atoms with van der Waals surface area (Å²) in [5.74, 6) is 0.278. The van der Waals surface area contributed by atoms with E-state index in [4.69, 9.17) is 22.1 Å². The van der Waals surface area contributed by atoms with E-state index in [9.17, 15) is 4.79 Å². The zero-order valence-electron chi connectivity index (χ0n) is 11.0.